The summed E-state index contributed by atoms with van der Waals surface area (Å²) < 4.78 is 2.13. The normalized spacial score (nSPS) is 25.2. The molecule has 102 valence electrons. The summed E-state index contributed by atoms with van der Waals surface area (Å²) in [5, 5.41) is 0. The lowest BCUT2D eigenvalue weighted by Gasteiger charge is -2.36. The lowest BCUT2D eigenvalue weighted by atomic mass is 10.0. The number of aromatic nitrogens is 1. The Bertz CT molecular complexity index is 616. The Morgan fingerprint density at radius 2 is 1.55 bits per heavy atom. The van der Waals surface area contributed by atoms with E-state index in [1.54, 1.807) is 0 Å². The zero-order chi connectivity index (χ0) is 13.5. The molecule has 3 nitrogen and oxygen atoms in total. The molecule has 2 aromatic rings. The minimum Gasteiger partial charge on any atom is -0.365 e. The van der Waals surface area contributed by atoms with Crippen molar-refractivity contribution < 1.29 is 4.79 Å². The number of rotatable bonds is 2. The Morgan fingerprint density at radius 1 is 0.900 bits per heavy atom. The quantitative estimate of drug-likeness (QED) is 0.834. The molecule has 0 spiro atoms. The van der Waals surface area contributed by atoms with Gasteiger partial charge >= 0.3 is 0 Å². The number of carbonyl (C=O) groups excluding carboxylic acids is 1. The van der Waals surface area contributed by atoms with Crippen LogP contribution in [0.25, 0.3) is 5.69 Å². The number of carbonyl (C=O) groups is 1. The number of hydrogen-bond donors (Lipinski definition) is 0. The fourth-order valence-electron chi connectivity index (χ4n) is 3.71. The number of ketones is 1. The second-order valence-corrected chi connectivity index (χ2v) is 5.85. The van der Waals surface area contributed by atoms with Gasteiger partial charge in [-0.15, -0.1) is 0 Å². The minimum atomic E-state index is 0.418. The lowest BCUT2D eigenvalue weighted by Crippen LogP contribution is -2.43. The number of nitrogens with zero attached hydrogens (tertiary/aromatic N) is 2. The van der Waals surface area contributed by atoms with Crippen LogP contribution in [0.15, 0.2) is 48.8 Å². The van der Waals surface area contributed by atoms with Crippen LogP contribution in [0, 0.1) is 0 Å². The first-order valence-electron chi connectivity index (χ1n) is 7.35. The van der Waals surface area contributed by atoms with Crippen LogP contribution < -0.4 is 4.90 Å². The summed E-state index contributed by atoms with van der Waals surface area (Å²) in [5.74, 6) is 0.440. The van der Waals surface area contributed by atoms with Crippen molar-refractivity contribution in [2.24, 2.45) is 0 Å². The molecular formula is C17H18N2O. The van der Waals surface area contributed by atoms with E-state index in [0.717, 1.165) is 25.7 Å². The number of anilines is 1. The molecule has 0 radical (unpaired) electrons. The average molecular weight is 266 g/mol. The number of Topliss-reactive ketones (excluding diaryl/α,β-unsaturated/α-hetero) is 1. The van der Waals surface area contributed by atoms with Gasteiger partial charge in [0.15, 0.2) is 0 Å². The highest BCUT2D eigenvalue weighted by atomic mass is 16.1. The van der Waals surface area contributed by atoms with E-state index in [0.29, 0.717) is 17.9 Å². The maximum absolute atomic E-state index is 11.7. The van der Waals surface area contributed by atoms with Crippen LogP contribution in [0.2, 0.25) is 0 Å². The van der Waals surface area contributed by atoms with Crippen LogP contribution in [0.3, 0.4) is 0 Å². The van der Waals surface area contributed by atoms with Gasteiger partial charge in [-0.1, -0.05) is 6.07 Å². The van der Waals surface area contributed by atoms with E-state index in [-0.39, 0.29) is 0 Å². The third kappa shape index (κ3) is 1.85. The van der Waals surface area contributed by atoms with Gasteiger partial charge in [-0.2, -0.15) is 0 Å². The van der Waals surface area contributed by atoms with E-state index in [4.69, 9.17) is 0 Å². The Balaban J connectivity index is 1.69. The molecule has 2 fully saturated rings. The molecule has 1 aromatic heterocycles. The van der Waals surface area contributed by atoms with Crippen LogP contribution in [0.4, 0.5) is 5.69 Å². The van der Waals surface area contributed by atoms with E-state index in [9.17, 15) is 4.79 Å². The number of piperidine rings is 1. The lowest BCUT2D eigenvalue weighted by molar-refractivity contribution is -0.120. The highest BCUT2D eigenvalue weighted by molar-refractivity contribution is 5.83. The van der Waals surface area contributed by atoms with Crippen molar-refractivity contribution in [1.29, 1.82) is 0 Å². The molecule has 0 N–H and O–H groups in total. The van der Waals surface area contributed by atoms with E-state index < -0.39 is 0 Å². The molecule has 0 saturated carbocycles. The summed E-state index contributed by atoms with van der Waals surface area (Å²) in [6.45, 7) is 0. The molecule has 2 bridgehead atoms. The fraction of sp³-hybridized carbons (Fsp3) is 0.353. The Morgan fingerprint density at radius 3 is 2.25 bits per heavy atom. The molecule has 2 aliphatic heterocycles. The summed E-state index contributed by atoms with van der Waals surface area (Å²) in [6.07, 6.45) is 7.89. The van der Waals surface area contributed by atoms with Gasteiger partial charge < -0.3 is 9.47 Å². The van der Waals surface area contributed by atoms with Crippen LogP contribution in [-0.4, -0.2) is 22.4 Å². The SMILES string of the molecule is O=C1CC2CCC(C1)N2c1cccc(-n2cccc2)c1. The first-order chi connectivity index (χ1) is 9.81. The summed E-state index contributed by atoms with van der Waals surface area (Å²) >= 11 is 0. The molecule has 1 aromatic carbocycles. The van der Waals surface area contributed by atoms with Gasteiger partial charge in [-0.25, -0.2) is 0 Å². The van der Waals surface area contributed by atoms with Crippen molar-refractivity contribution in [2.75, 3.05) is 4.90 Å². The van der Waals surface area contributed by atoms with Gasteiger partial charge in [0.25, 0.3) is 0 Å². The molecule has 2 aliphatic rings. The molecule has 2 unspecified atom stereocenters. The van der Waals surface area contributed by atoms with E-state index in [2.05, 4.69) is 46.1 Å². The van der Waals surface area contributed by atoms with Crippen LogP contribution in [0.1, 0.15) is 25.7 Å². The van der Waals surface area contributed by atoms with Gasteiger partial charge in [0.2, 0.25) is 0 Å². The molecular weight excluding hydrogens is 248 g/mol. The van der Waals surface area contributed by atoms with Gasteiger partial charge in [0.05, 0.1) is 0 Å². The fourth-order valence-corrected chi connectivity index (χ4v) is 3.71. The molecule has 4 rings (SSSR count). The summed E-state index contributed by atoms with van der Waals surface area (Å²) in [5.41, 5.74) is 2.44. The van der Waals surface area contributed by atoms with Crippen molar-refractivity contribution in [1.82, 2.24) is 4.57 Å². The van der Waals surface area contributed by atoms with E-state index in [1.807, 2.05) is 12.1 Å². The number of fused-ring (bicyclic) bond motifs is 2. The van der Waals surface area contributed by atoms with Gasteiger partial charge in [0, 0.05) is 48.7 Å². The maximum atomic E-state index is 11.7. The predicted octanol–water partition coefficient (Wildman–Crippen LogP) is 3.18. The Hall–Kier alpha value is -2.03. The molecule has 3 heteroatoms. The average Bonchev–Trinajstić information content (AvgIpc) is 3.06. The molecule has 0 aliphatic carbocycles. The highest BCUT2D eigenvalue weighted by Crippen LogP contribution is 2.38. The molecule has 20 heavy (non-hydrogen) atoms. The zero-order valence-electron chi connectivity index (χ0n) is 11.4. The van der Waals surface area contributed by atoms with Crippen molar-refractivity contribution in [3.8, 4) is 5.69 Å². The monoisotopic (exact) mass is 266 g/mol. The van der Waals surface area contributed by atoms with Crippen molar-refractivity contribution in [3.05, 3.63) is 48.8 Å². The molecule has 2 atom stereocenters. The van der Waals surface area contributed by atoms with Gasteiger partial charge in [-0.3, -0.25) is 4.79 Å². The van der Waals surface area contributed by atoms with Gasteiger partial charge in [0.1, 0.15) is 5.78 Å². The van der Waals surface area contributed by atoms with Gasteiger partial charge in [-0.05, 0) is 43.2 Å². The maximum Gasteiger partial charge on any atom is 0.137 e. The van der Waals surface area contributed by atoms with Crippen LogP contribution >= 0.6 is 0 Å². The number of benzene rings is 1. The van der Waals surface area contributed by atoms with E-state index >= 15 is 0 Å². The Kier molecular flexibility index (Phi) is 2.66. The topological polar surface area (TPSA) is 25.2 Å². The second kappa shape index (κ2) is 4.51. The summed E-state index contributed by atoms with van der Waals surface area (Å²) in [7, 11) is 0. The van der Waals surface area contributed by atoms with E-state index in [1.165, 1.54) is 11.4 Å². The zero-order valence-corrected chi connectivity index (χ0v) is 11.4. The first-order valence-corrected chi connectivity index (χ1v) is 7.35. The summed E-state index contributed by atoms with van der Waals surface area (Å²) in [4.78, 5) is 14.2. The summed E-state index contributed by atoms with van der Waals surface area (Å²) in [6, 6.07) is 13.6. The molecule has 0 amide bonds. The second-order valence-electron chi connectivity index (χ2n) is 5.85. The standard InChI is InChI=1S/C17H18N2O/c20-17-11-15-6-7-16(12-17)19(15)14-5-3-4-13(10-14)18-8-1-2-9-18/h1-5,8-10,15-16H,6-7,11-12H2. The third-order valence-corrected chi connectivity index (χ3v) is 4.58. The smallest absolute Gasteiger partial charge is 0.137 e. The molecule has 3 heterocycles. The minimum absolute atomic E-state index is 0.418. The van der Waals surface area contributed by atoms with Crippen LogP contribution in [0.5, 0.6) is 0 Å². The highest BCUT2D eigenvalue weighted by Gasteiger charge is 2.40. The van der Waals surface area contributed by atoms with Crippen LogP contribution in [-0.2, 0) is 4.79 Å². The molecule has 2 saturated heterocycles. The first kappa shape index (κ1) is 11.8. The number of hydrogen-bond acceptors (Lipinski definition) is 2. The van der Waals surface area contributed by atoms with Crippen molar-refractivity contribution in [2.45, 2.75) is 37.8 Å². The largest absolute Gasteiger partial charge is 0.365 e. The van der Waals surface area contributed by atoms with Crippen molar-refractivity contribution in [3.63, 3.8) is 0 Å². The predicted molar refractivity (Wildman–Crippen MR) is 79.3 cm³/mol. The Labute approximate surface area is 118 Å². The third-order valence-electron chi connectivity index (χ3n) is 4.58. The van der Waals surface area contributed by atoms with Crippen molar-refractivity contribution >= 4 is 11.5 Å².